The van der Waals surface area contributed by atoms with Gasteiger partial charge in [-0.1, -0.05) is 30.3 Å². The normalized spacial score (nSPS) is 21.3. The predicted octanol–water partition coefficient (Wildman–Crippen LogP) is 3.55. The number of nitriles is 1. The molecule has 4 heterocycles. The number of aromatic amines is 1. The highest BCUT2D eigenvalue weighted by Crippen LogP contribution is 2.36. The molecule has 192 valence electrons. The molecule has 8 heteroatoms. The van der Waals surface area contributed by atoms with Crippen molar-refractivity contribution in [2.24, 2.45) is 0 Å². The number of carbonyl (C=O) groups excluding carboxylic acids is 1. The number of aromatic nitrogens is 2. The van der Waals surface area contributed by atoms with Crippen molar-refractivity contribution in [3.05, 3.63) is 88.1 Å². The first-order chi connectivity index (χ1) is 17.9. The molecule has 3 aromatic rings. The van der Waals surface area contributed by atoms with Crippen LogP contribution in [0, 0.1) is 18.3 Å². The number of nitrogens with one attached hydrogen (secondary N) is 1. The molecular weight excluding hydrogens is 468 g/mol. The predicted molar refractivity (Wildman–Crippen MR) is 140 cm³/mol. The van der Waals surface area contributed by atoms with Crippen molar-refractivity contribution in [3.8, 4) is 17.2 Å². The van der Waals surface area contributed by atoms with Crippen molar-refractivity contribution in [1.29, 1.82) is 5.26 Å². The number of nitrogens with zero attached hydrogens (tertiary/aromatic N) is 3. The van der Waals surface area contributed by atoms with Crippen molar-refractivity contribution in [1.82, 2.24) is 14.9 Å². The minimum Gasteiger partial charge on any atom is -0.462 e. The third-order valence-electron chi connectivity index (χ3n) is 7.36. The molecule has 0 amide bonds. The van der Waals surface area contributed by atoms with Crippen molar-refractivity contribution in [2.45, 2.75) is 56.7 Å². The number of piperidine rings is 1. The summed E-state index contributed by atoms with van der Waals surface area (Å²) in [6, 6.07) is 17.6. The number of ether oxygens (including phenoxy) is 1. The molecule has 2 bridgehead atoms. The molecule has 4 atom stereocenters. The van der Waals surface area contributed by atoms with E-state index in [-0.39, 0.29) is 29.8 Å². The van der Waals surface area contributed by atoms with E-state index in [0.29, 0.717) is 12.1 Å². The number of hydrogen-bond donors (Lipinski definition) is 2. The molecule has 0 aliphatic carbocycles. The number of rotatable bonds is 5. The Hall–Kier alpha value is -3.80. The lowest BCUT2D eigenvalue weighted by Crippen LogP contribution is -2.43. The fourth-order valence-electron chi connectivity index (χ4n) is 5.24. The van der Waals surface area contributed by atoms with Crippen LogP contribution in [0.3, 0.4) is 0 Å². The lowest BCUT2D eigenvalue weighted by atomic mass is 9.98. The summed E-state index contributed by atoms with van der Waals surface area (Å²) in [5, 5.41) is 18.3. The van der Waals surface area contributed by atoms with E-state index < -0.39 is 5.92 Å². The van der Waals surface area contributed by atoms with Crippen molar-refractivity contribution >= 4 is 5.97 Å². The minimum absolute atomic E-state index is 0.00367. The Morgan fingerprint density at radius 1 is 1.19 bits per heavy atom. The molecule has 2 aliphatic rings. The number of hydrogen-bond acceptors (Lipinski definition) is 7. The average Bonchev–Trinajstić information content (AvgIpc) is 3.10. The summed E-state index contributed by atoms with van der Waals surface area (Å²) in [7, 11) is 2.17. The monoisotopic (exact) mass is 500 g/mol. The maximum Gasteiger partial charge on any atom is 0.316 e. The summed E-state index contributed by atoms with van der Waals surface area (Å²) in [4.78, 5) is 32.7. The zero-order valence-electron chi connectivity index (χ0n) is 21.1. The van der Waals surface area contributed by atoms with Gasteiger partial charge in [0.15, 0.2) is 0 Å². The Balaban J connectivity index is 0.000000180. The Labute approximate surface area is 216 Å². The zero-order chi connectivity index (χ0) is 26.4. The van der Waals surface area contributed by atoms with Crippen molar-refractivity contribution in [2.75, 3.05) is 13.7 Å². The van der Waals surface area contributed by atoms with Gasteiger partial charge in [-0.3, -0.25) is 14.6 Å². The lowest BCUT2D eigenvalue weighted by Gasteiger charge is -2.36. The van der Waals surface area contributed by atoms with Gasteiger partial charge in [0.05, 0.1) is 6.61 Å². The van der Waals surface area contributed by atoms with Gasteiger partial charge in [0, 0.05) is 35.7 Å². The van der Waals surface area contributed by atoms with Crippen LogP contribution in [0.5, 0.6) is 0 Å². The van der Waals surface area contributed by atoms with Crippen LogP contribution in [-0.4, -0.2) is 57.8 Å². The van der Waals surface area contributed by atoms with E-state index in [4.69, 9.17) is 10.00 Å². The zero-order valence-corrected chi connectivity index (χ0v) is 21.1. The largest absolute Gasteiger partial charge is 0.462 e. The van der Waals surface area contributed by atoms with Gasteiger partial charge in [0.2, 0.25) is 0 Å². The standard InChI is InChI=1S/C17H23NO3.C12H9N3O/c1-18-13-7-8-14(18)10-15(9-13)21-17(20)16(11-19)12-5-3-2-4-6-12;1-8-11(9-2-4-14-5-3-9)6-10(7-13)12(16)15-8/h2-6,13-16,19H,7-11H2,1H3;2-6H,1H3,(H,15,16)/t13-,14+,15?,16?;. The summed E-state index contributed by atoms with van der Waals surface area (Å²) in [5.41, 5.74) is 3.12. The fourth-order valence-corrected chi connectivity index (χ4v) is 5.24. The van der Waals surface area contributed by atoms with Crippen LogP contribution >= 0.6 is 0 Å². The molecule has 8 nitrogen and oxygen atoms in total. The molecule has 37 heavy (non-hydrogen) atoms. The second-order valence-electron chi connectivity index (χ2n) is 9.63. The van der Waals surface area contributed by atoms with Gasteiger partial charge in [-0.15, -0.1) is 0 Å². The number of aliphatic hydroxyl groups excluding tert-OH is 1. The molecule has 1 aromatic carbocycles. The van der Waals surface area contributed by atoms with Crippen molar-refractivity contribution < 1.29 is 14.6 Å². The van der Waals surface area contributed by atoms with E-state index in [9.17, 15) is 14.7 Å². The van der Waals surface area contributed by atoms with Crippen LogP contribution in [0.2, 0.25) is 0 Å². The quantitative estimate of drug-likeness (QED) is 0.514. The third-order valence-corrected chi connectivity index (χ3v) is 7.36. The molecule has 0 spiro atoms. The molecule has 2 aromatic heterocycles. The summed E-state index contributed by atoms with van der Waals surface area (Å²) in [5.74, 6) is -0.860. The van der Waals surface area contributed by atoms with Crippen LogP contribution in [0.15, 0.2) is 65.7 Å². The highest BCUT2D eigenvalue weighted by molar-refractivity contribution is 5.78. The molecule has 2 unspecified atom stereocenters. The number of aliphatic hydroxyl groups is 1. The molecule has 2 aliphatic heterocycles. The first kappa shape index (κ1) is 26.3. The summed E-state index contributed by atoms with van der Waals surface area (Å²) < 4.78 is 5.70. The number of carbonyl (C=O) groups is 1. The second kappa shape index (κ2) is 12.0. The van der Waals surface area contributed by atoms with Gasteiger partial charge >= 0.3 is 5.97 Å². The average molecular weight is 501 g/mol. The van der Waals surface area contributed by atoms with Crippen LogP contribution in [0.4, 0.5) is 0 Å². The van der Waals surface area contributed by atoms with Gasteiger partial charge in [0.25, 0.3) is 5.56 Å². The highest BCUT2D eigenvalue weighted by Gasteiger charge is 2.40. The van der Waals surface area contributed by atoms with Gasteiger partial charge in [-0.05, 0) is 69.0 Å². The topological polar surface area (TPSA) is 119 Å². The summed E-state index contributed by atoms with van der Waals surface area (Å²) >= 11 is 0. The Morgan fingerprint density at radius 3 is 2.43 bits per heavy atom. The maximum absolute atomic E-state index is 12.4. The number of benzene rings is 1. The first-order valence-corrected chi connectivity index (χ1v) is 12.5. The van der Waals surface area contributed by atoms with Crippen LogP contribution in [0.25, 0.3) is 11.1 Å². The number of aryl methyl sites for hydroxylation is 1. The van der Waals surface area contributed by atoms with Crippen LogP contribution in [0.1, 0.15) is 48.4 Å². The molecule has 0 saturated carbocycles. The van der Waals surface area contributed by atoms with Gasteiger partial charge in [-0.25, -0.2) is 0 Å². The molecule has 5 rings (SSSR count). The molecule has 2 N–H and O–H groups in total. The molecule has 2 saturated heterocycles. The smallest absolute Gasteiger partial charge is 0.316 e. The van der Waals surface area contributed by atoms with E-state index in [1.165, 1.54) is 12.8 Å². The van der Waals surface area contributed by atoms with E-state index in [0.717, 1.165) is 35.2 Å². The number of fused-ring (bicyclic) bond motifs is 2. The van der Waals surface area contributed by atoms with Crippen LogP contribution in [-0.2, 0) is 9.53 Å². The summed E-state index contributed by atoms with van der Waals surface area (Å²) in [6.07, 6.45) is 7.60. The molecular formula is C29H32N4O4. The minimum atomic E-state index is -0.566. The van der Waals surface area contributed by atoms with E-state index in [1.807, 2.05) is 48.5 Å². The van der Waals surface area contributed by atoms with E-state index in [1.54, 1.807) is 25.4 Å². The Morgan fingerprint density at radius 2 is 1.84 bits per heavy atom. The van der Waals surface area contributed by atoms with Crippen molar-refractivity contribution in [3.63, 3.8) is 0 Å². The third kappa shape index (κ3) is 6.13. The van der Waals surface area contributed by atoms with Gasteiger partial charge < -0.3 is 19.7 Å². The Kier molecular flexibility index (Phi) is 8.49. The van der Waals surface area contributed by atoms with Gasteiger partial charge in [0.1, 0.15) is 23.7 Å². The van der Waals surface area contributed by atoms with E-state index >= 15 is 0 Å². The van der Waals surface area contributed by atoms with Crippen LogP contribution < -0.4 is 5.56 Å². The second-order valence-corrected chi connectivity index (χ2v) is 9.63. The number of pyridine rings is 2. The maximum atomic E-state index is 12.4. The molecule has 2 fully saturated rings. The van der Waals surface area contributed by atoms with Gasteiger partial charge in [-0.2, -0.15) is 5.26 Å². The first-order valence-electron chi connectivity index (χ1n) is 12.5. The highest BCUT2D eigenvalue weighted by atomic mass is 16.5. The fraction of sp³-hybridized carbons (Fsp3) is 0.379. The lowest BCUT2D eigenvalue weighted by molar-refractivity contribution is -0.155. The Bertz CT molecular complexity index is 1290. The number of H-pyrrole nitrogens is 1. The summed E-state index contributed by atoms with van der Waals surface area (Å²) in [6.45, 7) is 1.60. The van der Waals surface area contributed by atoms with E-state index in [2.05, 4.69) is 21.9 Å². The molecule has 0 radical (unpaired) electrons. The number of esters is 1. The SMILES string of the molecule is CN1[C@@H]2CC[C@H]1CC(OC(=O)C(CO)c1ccccc1)C2.Cc1[nH]c(=O)c(C#N)cc1-c1ccncc1.